The van der Waals surface area contributed by atoms with Gasteiger partial charge in [-0.25, -0.2) is 0 Å². The van der Waals surface area contributed by atoms with Gasteiger partial charge < -0.3 is 9.64 Å². The Bertz CT molecular complexity index is 1110. The Balaban J connectivity index is 1.52. The number of methoxy groups -OCH3 is 1. The average Bonchev–Trinajstić information content (AvgIpc) is 3.32. The predicted molar refractivity (Wildman–Crippen MR) is 127 cm³/mol. The van der Waals surface area contributed by atoms with E-state index in [4.69, 9.17) is 4.74 Å². The van der Waals surface area contributed by atoms with Crippen molar-refractivity contribution in [1.29, 1.82) is 0 Å². The molecule has 3 heterocycles. The molecule has 4 atom stereocenters. The molecule has 2 aromatic carbocycles. The number of carbonyl (C=O) groups excluding carboxylic acids is 3. The Hall–Kier alpha value is -3.19. The van der Waals surface area contributed by atoms with E-state index in [0.29, 0.717) is 26.1 Å². The molecule has 3 aliphatic heterocycles. The highest BCUT2D eigenvalue weighted by molar-refractivity contribution is 6.10. The average molecular weight is 462 g/mol. The van der Waals surface area contributed by atoms with E-state index in [-0.39, 0.29) is 17.7 Å². The highest BCUT2D eigenvalue weighted by Gasteiger charge is 2.68. The molecule has 178 valence electrons. The van der Waals surface area contributed by atoms with Crippen LogP contribution < -0.4 is 10.1 Å². The molecule has 0 bridgehead atoms. The molecule has 1 N–H and O–H groups in total. The molecule has 3 aliphatic rings. The molecule has 3 fully saturated rings. The van der Waals surface area contributed by atoms with Crippen LogP contribution in [0.5, 0.6) is 5.75 Å². The van der Waals surface area contributed by atoms with Crippen molar-refractivity contribution in [1.82, 2.24) is 15.1 Å². The number of fused-ring (bicyclic) bond motifs is 2. The number of nitrogens with zero attached hydrogens (tertiary/aromatic N) is 2. The van der Waals surface area contributed by atoms with Gasteiger partial charge in [-0.3, -0.25) is 24.6 Å². The standard InChI is InChI=1S/C27H31N3O4/c1-4-30-24(31)21-22(25(30)32)27(28-23(21)19-10-12-20(34-3)13-11-19)14-5-15-29(26(27)33)16-18-8-6-17(2)7-9-18/h6-13,21-23,28H,4-5,14-16H2,1-3H3/t21-,22-,23-,27-/m1/s1. The number of ether oxygens (including phenoxy) is 1. The molecule has 5 rings (SSSR count). The van der Waals surface area contributed by atoms with Crippen LogP contribution in [0, 0.1) is 18.8 Å². The summed E-state index contributed by atoms with van der Waals surface area (Å²) < 4.78 is 5.29. The Morgan fingerprint density at radius 3 is 2.38 bits per heavy atom. The largest absolute Gasteiger partial charge is 0.497 e. The number of aryl methyl sites for hydroxylation is 1. The number of hydrogen-bond donors (Lipinski definition) is 1. The molecule has 3 saturated heterocycles. The maximum Gasteiger partial charge on any atom is 0.244 e. The summed E-state index contributed by atoms with van der Waals surface area (Å²) in [6, 6.07) is 15.3. The number of carbonyl (C=O) groups is 3. The van der Waals surface area contributed by atoms with Gasteiger partial charge in [0, 0.05) is 25.7 Å². The van der Waals surface area contributed by atoms with Crippen LogP contribution in [0.15, 0.2) is 48.5 Å². The van der Waals surface area contributed by atoms with Gasteiger partial charge >= 0.3 is 0 Å². The first-order valence-corrected chi connectivity index (χ1v) is 12.0. The number of benzene rings is 2. The highest BCUT2D eigenvalue weighted by Crippen LogP contribution is 2.52. The molecule has 0 unspecified atom stereocenters. The van der Waals surface area contributed by atoms with Crippen LogP contribution in [0.1, 0.15) is 42.5 Å². The zero-order chi connectivity index (χ0) is 24.0. The van der Waals surface area contributed by atoms with Crippen molar-refractivity contribution >= 4 is 17.7 Å². The SMILES string of the molecule is CCN1C(=O)[C@H]2[C@@H](c3ccc(OC)cc3)N[C@]3(CCCN(Cc4ccc(C)cc4)C3=O)[C@H]2C1=O. The highest BCUT2D eigenvalue weighted by atomic mass is 16.5. The van der Waals surface area contributed by atoms with Crippen molar-refractivity contribution in [2.75, 3.05) is 20.2 Å². The first-order chi connectivity index (χ1) is 16.4. The molecule has 34 heavy (non-hydrogen) atoms. The number of hydrogen-bond acceptors (Lipinski definition) is 5. The van der Waals surface area contributed by atoms with E-state index >= 15 is 0 Å². The number of rotatable bonds is 5. The minimum absolute atomic E-state index is 0.0792. The van der Waals surface area contributed by atoms with E-state index in [1.807, 2.05) is 67.3 Å². The molecule has 1 spiro atoms. The second-order valence-electron chi connectivity index (χ2n) is 9.61. The second kappa shape index (κ2) is 8.55. The van der Waals surface area contributed by atoms with E-state index in [0.717, 1.165) is 23.3 Å². The van der Waals surface area contributed by atoms with Gasteiger partial charge in [0.1, 0.15) is 11.3 Å². The fourth-order valence-corrected chi connectivity index (χ4v) is 6.00. The molecule has 0 saturated carbocycles. The summed E-state index contributed by atoms with van der Waals surface area (Å²) in [5, 5.41) is 3.54. The molecule has 7 heteroatoms. The zero-order valence-electron chi connectivity index (χ0n) is 19.9. The van der Waals surface area contributed by atoms with Crippen molar-refractivity contribution in [2.45, 2.75) is 44.8 Å². The molecule has 3 amide bonds. The van der Waals surface area contributed by atoms with E-state index in [9.17, 15) is 14.4 Å². The number of imide groups is 1. The Morgan fingerprint density at radius 1 is 1.03 bits per heavy atom. The Labute approximate surface area is 200 Å². The van der Waals surface area contributed by atoms with Crippen LogP contribution in [0.25, 0.3) is 0 Å². The van der Waals surface area contributed by atoms with Crippen LogP contribution in [0.2, 0.25) is 0 Å². The van der Waals surface area contributed by atoms with Gasteiger partial charge in [0.25, 0.3) is 0 Å². The molecular formula is C27H31N3O4. The zero-order valence-corrected chi connectivity index (χ0v) is 19.9. The number of nitrogens with one attached hydrogen (secondary N) is 1. The molecule has 0 radical (unpaired) electrons. The van der Waals surface area contributed by atoms with E-state index < -0.39 is 23.4 Å². The normalized spacial score (nSPS) is 28.7. The number of piperidine rings is 1. The molecule has 0 aromatic heterocycles. The third kappa shape index (κ3) is 3.41. The van der Waals surface area contributed by atoms with Gasteiger partial charge in [0.15, 0.2) is 0 Å². The maximum atomic E-state index is 14.0. The Kier molecular flexibility index (Phi) is 5.68. The summed E-state index contributed by atoms with van der Waals surface area (Å²) in [6.07, 6.45) is 1.32. The van der Waals surface area contributed by atoms with Crippen molar-refractivity contribution in [3.63, 3.8) is 0 Å². The van der Waals surface area contributed by atoms with Crippen molar-refractivity contribution < 1.29 is 19.1 Å². The first kappa shape index (κ1) is 22.6. The number of amides is 3. The van der Waals surface area contributed by atoms with Gasteiger partial charge in [-0.15, -0.1) is 0 Å². The lowest BCUT2D eigenvalue weighted by atomic mass is 9.74. The summed E-state index contributed by atoms with van der Waals surface area (Å²) >= 11 is 0. The van der Waals surface area contributed by atoms with Gasteiger partial charge in [-0.05, 0) is 49.9 Å². The van der Waals surface area contributed by atoms with Crippen LogP contribution >= 0.6 is 0 Å². The lowest BCUT2D eigenvalue weighted by Crippen LogP contribution is -2.63. The number of likely N-dealkylation sites (tertiary alicyclic amines) is 2. The summed E-state index contributed by atoms with van der Waals surface area (Å²) in [4.78, 5) is 44.1. The van der Waals surface area contributed by atoms with Gasteiger partial charge in [0.2, 0.25) is 17.7 Å². The fourth-order valence-electron chi connectivity index (χ4n) is 6.00. The fraction of sp³-hybridized carbons (Fsp3) is 0.444. The topological polar surface area (TPSA) is 79.0 Å². The molecular weight excluding hydrogens is 430 g/mol. The molecule has 7 nitrogen and oxygen atoms in total. The third-order valence-electron chi connectivity index (χ3n) is 7.70. The van der Waals surface area contributed by atoms with Gasteiger partial charge in [0.05, 0.1) is 18.9 Å². The lowest BCUT2D eigenvalue weighted by Gasteiger charge is -2.42. The maximum absolute atomic E-state index is 14.0. The van der Waals surface area contributed by atoms with Crippen LogP contribution in [0.4, 0.5) is 0 Å². The smallest absolute Gasteiger partial charge is 0.244 e. The summed E-state index contributed by atoms with van der Waals surface area (Å²) in [5.41, 5.74) is 2.04. The lowest BCUT2D eigenvalue weighted by molar-refractivity contribution is -0.150. The minimum Gasteiger partial charge on any atom is -0.497 e. The summed E-state index contributed by atoms with van der Waals surface area (Å²) in [7, 11) is 1.61. The van der Waals surface area contributed by atoms with Crippen molar-refractivity contribution in [3.05, 3.63) is 65.2 Å². The minimum atomic E-state index is -1.07. The quantitative estimate of drug-likeness (QED) is 0.693. The summed E-state index contributed by atoms with van der Waals surface area (Å²) in [5.74, 6) is -1.07. The molecule has 2 aromatic rings. The third-order valence-corrected chi connectivity index (χ3v) is 7.70. The summed E-state index contributed by atoms with van der Waals surface area (Å²) in [6.45, 7) is 5.30. The predicted octanol–water partition coefficient (Wildman–Crippen LogP) is 2.83. The Morgan fingerprint density at radius 2 is 1.74 bits per heavy atom. The second-order valence-corrected chi connectivity index (χ2v) is 9.61. The van der Waals surface area contributed by atoms with Gasteiger partial charge in [-0.1, -0.05) is 42.0 Å². The van der Waals surface area contributed by atoms with Crippen molar-refractivity contribution in [2.24, 2.45) is 11.8 Å². The van der Waals surface area contributed by atoms with Gasteiger partial charge in [-0.2, -0.15) is 0 Å². The first-order valence-electron chi connectivity index (χ1n) is 12.0. The molecule has 0 aliphatic carbocycles. The van der Waals surface area contributed by atoms with E-state index in [1.54, 1.807) is 7.11 Å². The van der Waals surface area contributed by atoms with E-state index in [2.05, 4.69) is 5.32 Å². The van der Waals surface area contributed by atoms with Crippen LogP contribution in [0.3, 0.4) is 0 Å². The monoisotopic (exact) mass is 461 g/mol. The van der Waals surface area contributed by atoms with E-state index in [1.165, 1.54) is 10.5 Å². The van der Waals surface area contributed by atoms with Crippen molar-refractivity contribution in [3.8, 4) is 5.75 Å². The van der Waals surface area contributed by atoms with Crippen LogP contribution in [-0.2, 0) is 20.9 Å². The van der Waals surface area contributed by atoms with Crippen LogP contribution in [-0.4, -0.2) is 53.3 Å².